The monoisotopic (exact) mass is 384 g/mol. The first kappa shape index (κ1) is 20.7. The summed E-state index contributed by atoms with van der Waals surface area (Å²) < 4.78 is 17.3. The van der Waals surface area contributed by atoms with Crippen molar-refractivity contribution in [1.29, 1.82) is 0 Å². The van der Waals surface area contributed by atoms with E-state index in [9.17, 15) is 10.2 Å². The maximum absolute atomic E-state index is 10.8. The van der Waals surface area contributed by atoms with Crippen LogP contribution in [-0.4, -0.2) is 47.8 Å². The van der Waals surface area contributed by atoms with Gasteiger partial charge in [-0.25, -0.2) is 0 Å². The first-order valence-electron chi connectivity index (χ1n) is 9.64. The molecule has 0 saturated carbocycles. The molecular weight excluding hydrogens is 356 g/mol. The first-order valence-corrected chi connectivity index (χ1v) is 9.64. The van der Waals surface area contributed by atoms with E-state index in [4.69, 9.17) is 14.2 Å². The van der Waals surface area contributed by atoms with Crippen molar-refractivity contribution in [2.24, 2.45) is 0 Å². The minimum Gasteiger partial charge on any atom is -0.387 e. The summed E-state index contributed by atoms with van der Waals surface area (Å²) in [7, 11) is 0. The van der Waals surface area contributed by atoms with Gasteiger partial charge in [0.05, 0.1) is 19.8 Å². The number of hydrogen-bond acceptors (Lipinski definition) is 5. The topological polar surface area (TPSA) is 68.2 Å². The zero-order chi connectivity index (χ0) is 19.8. The largest absolute Gasteiger partial charge is 0.387 e. The highest BCUT2D eigenvalue weighted by molar-refractivity contribution is 5.22. The number of hydrogen-bond donors (Lipinski definition) is 2. The summed E-state index contributed by atoms with van der Waals surface area (Å²) in [6, 6.07) is 19.5. The van der Waals surface area contributed by atoms with Crippen LogP contribution in [0, 0.1) is 0 Å². The Labute approximate surface area is 166 Å². The Hall–Kier alpha value is -2.02. The molecule has 1 aliphatic rings. The summed E-state index contributed by atoms with van der Waals surface area (Å²) >= 11 is 0. The van der Waals surface area contributed by atoms with Crippen LogP contribution in [0.5, 0.6) is 0 Å². The first-order chi connectivity index (χ1) is 13.7. The van der Waals surface area contributed by atoms with Crippen molar-refractivity contribution in [3.63, 3.8) is 0 Å². The van der Waals surface area contributed by atoms with Crippen LogP contribution in [-0.2, 0) is 27.4 Å². The Morgan fingerprint density at radius 2 is 1.39 bits per heavy atom. The van der Waals surface area contributed by atoms with E-state index in [0.29, 0.717) is 25.4 Å². The molecule has 0 saturated heterocycles. The second-order valence-corrected chi connectivity index (χ2v) is 6.84. The van der Waals surface area contributed by atoms with E-state index in [-0.39, 0.29) is 6.61 Å². The molecule has 4 atom stereocenters. The van der Waals surface area contributed by atoms with Crippen molar-refractivity contribution < 1.29 is 24.4 Å². The molecule has 0 unspecified atom stereocenters. The van der Waals surface area contributed by atoms with Crippen LogP contribution >= 0.6 is 0 Å². The summed E-state index contributed by atoms with van der Waals surface area (Å²) in [5, 5.41) is 21.4. The third-order valence-corrected chi connectivity index (χ3v) is 4.77. The minimum atomic E-state index is -0.953. The summed E-state index contributed by atoms with van der Waals surface area (Å²) in [4.78, 5) is 0. The van der Waals surface area contributed by atoms with E-state index >= 15 is 0 Å². The van der Waals surface area contributed by atoms with Gasteiger partial charge in [0.1, 0.15) is 24.4 Å². The van der Waals surface area contributed by atoms with E-state index in [1.807, 2.05) is 67.6 Å². The van der Waals surface area contributed by atoms with Crippen LogP contribution in [0.1, 0.15) is 18.1 Å². The number of benzene rings is 2. The van der Waals surface area contributed by atoms with Crippen molar-refractivity contribution in [1.82, 2.24) is 0 Å². The van der Waals surface area contributed by atoms with Crippen LogP contribution in [0.3, 0.4) is 0 Å². The van der Waals surface area contributed by atoms with Crippen molar-refractivity contribution in [2.45, 2.75) is 44.6 Å². The van der Waals surface area contributed by atoms with Gasteiger partial charge in [0, 0.05) is 6.61 Å². The summed E-state index contributed by atoms with van der Waals surface area (Å²) in [6.45, 7) is 3.32. The normalized spacial score (nSPS) is 24.8. The Morgan fingerprint density at radius 1 is 0.786 bits per heavy atom. The van der Waals surface area contributed by atoms with E-state index in [2.05, 4.69) is 0 Å². The molecule has 2 N–H and O–H groups in total. The molecule has 2 aromatic rings. The van der Waals surface area contributed by atoms with Gasteiger partial charge >= 0.3 is 0 Å². The molecule has 3 rings (SSSR count). The SMILES string of the molecule is CCO[C@@H]1C=C(COCc2ccccc2)[C@@H](O)[C@H](OCc2ccccc2)[C@H]1O. The standard InChI is InChI=1S/C23H28O5/c1-2-27-20-13-19(16-26-14-17-9-5-3-6-10-17)21(24)23(22(20)25)28-15-18-11-7-4-8-12-18/h3-13,20-25H,2,14-16H2,1H3/t20-,21-,22+,23+/m1/s1. The van der Waals surface area contributed by atoms with Crippen LogP contribution in [0.4, 0.5) is 0 Å². The number of rotatable bonds is 9. The smallest absolute Gasteiger partial charge is 0.116 e. The van der Waals surface area contributed by atoms with Gasteiger partial charge in [0.15, 0.2) is 0 Å². The van der Waals surface area contributed by atoms with Gasteiger partial charge in [-0.15, -0.1) is 0 Å². The second kappa shape index (κ2) is 10.5. The Morgan fingerprint density at radius 3 is 2.00 bits per heavy atom. The lowest BCUT2D eigenvalue weighted by atomic mass is 9.89. The average Bonchev–Trinajstić information content (AvgIpc) is 2.73. The lowest BCUT2D eigenvalue weighted by molar-refractivity contribution is -0.143. The number of aliphatic hydroxyl groups is 2. The highest BCUT2D eigenvalue weighted by Gasteiger charge is 2.39. The van der Waals surface area contributed by atoms with Gasteiger partial charge < -0.3 is 24.4 Å². The van der Waals surface area contributed by atoms with Crippen molar-refractivity contribution in [2.75, 3.05) is 13.2 Å². The highest BCUT2D eigenvalue weighted by atomic mass is 16.5. The van der Waals surface area contributed by atoms with E-state index in [1.54, 1.807) is 6.08 Å². The molecule has 5 nitrogen and oxygen atoms in total. The van der Waals surface area contributed by atoms with Crippen molar-refractivity contribution in [3.05, 3.63) is 83.4 Å². The number of ether oxygens (including phenoxy) is 3. The maximum atomic E-state index is 10.8. The second-order valence-electron chi connectivity index (χ2n) is 6.84. The molecule has 0 heterocycles. The molecule has 0 bridgehead atoms. The van der Waals surface area contributed by atoms with Gasteiger partial charge in [0.2, 0.25) is 0 Å². The fraction of sp³-hybridized carbons (Fsp3) is 0.391. The fourth-order valence-electron chi connectivity index (χ4n) is 3.28. The molecule has 0 radical (unpaired) electrons. The Balaban J connectivity index is 1.64. The molecule has 0 amide bonds. The predicted molar refractivity (Wildman–Crippen MR) is 107 cm³/mol. The van der Waals surface area contributed by atoms with E-state index < -0.39 is 24.4 Å². The Bertz CT molecular complexity index is 731. The number of aliphatic hydroxyl groups excluding tert-OH is 2. The van der Waals surface area contributed by atoms with Crippen LogP contribution in [0.2, 0.25) is 0 Å². The fourth-order valence-corrected chi connectivity index (χ4v) is 3.28. The summed E-state index contributed by atoms with van der Waals surface area (Å²) in [6.07, 6.45) is -1.46. The van der Waals surface area contributed by atoms with Gasteiger partial charge in [-0.2, -0.15) is 0 Å². The van der Waals surface area contributed by atoms with E-state index in [0.717, 1.165) is 11.1 Å². The third-order valence-electron chi connectivity index (χ3n) is 4.77. The van der Waals surface area contributed by atoms with Crippen molar-refractivity contribution in [3.8, 4) is 0 Å². The van der Waals surface area contributed by atoms with Gasteiger partial charge in [-0.3, -0.25) is 0 Å². The maximum Gasteiger partial charge on any atom is 0.116 e. The molecule has 0 fully saturated rings. The minimum absolute atomic E-state index is 0.248. The summed E-state index contributed by atoms with van der Waals surface area (Å²) in [5.74, 6) is 0. The molecule has 150 valence electrons. The average molecular weight is 384 g/mol. The molecular formula is C23H28O5. The van der Waals surface area contributed by atoms with Gasteiger partial charge in [-0.1, -0.05) is 60.7 Å². The molecule has 0 aromatic heterocycles. The molecule has 5 heteroatoms. The molecule has 2 aromatic carbocycles. The Kier molecular flexibility index (Phi) is 7.77. The molecule has 0 spiro atoms. The molecule has 0 aliphatic heterocycles. The van der Waals surface area contributed by atoms with Crippen LogP contribution in [0.15, 0.2) is 72.3 Å². The van der Waals surface area contributed by atoms with Crippen LogP contribution in [0.25, 0.3) is 0 Å². The molecule has 1 aliphatic carbocycles. The predicted octanol–water partition coefficient (Wildman–Crippen LogP) is 2.86. The van der Waals surface area contributed by atoms with Gasteiger partial charge in [-0.05, 0) is 29.7 Å². The summed E-state index contributed by atoms with van der Waals surface area (Å²) in [5.41, 5.74) is 2.70. The zero-order valence-electron chi connectivity index (χ0n) is 16.1. The quantitative estimate of drug-likeness (QED) is 0.651. The van der Waals surface area contributed by atoms with E-state index in [1.165, 1.54) is 0 Å². The highest BCUT2D eigenvalue weighted by Crippen LogP contribution is 2.26. The lowest BCUT2D eigenvalue weighted by Gasteiger charge is -2.37. The third kappa shape index (κ3) is 5.50. The lowest BCUT2D eigenvalue weighted by Crippen LogP contribution is -2.51. The van der Waals surface area contributed by atoms with Crippen LogP contribution < -0.4 is 0 Å². The van der Waals surface area contributed by atoms with Crippen molar-refractivity contribution >= 4 is 0 Å². The zero-order valence-corrected chi connectivity index (χ0v) is 16.1. The van der Waals surface area contributed by atoms with Gasteiger partial charge in [0.25, 0.3) is 0 Å². The molecule has 28 heavy (non-hydrogen) atoms.